The van der Waals surface area contributed by atoms with Gasteiger partial charge in [0.1, 0.15) is 0 Å². The molecule has 134 valence electrons. The molecule has 24 heavy (non-hydrogen) atoms. The van der Waals surface area contributed by atoms with E-state index in [1.54, 1.807) is 6.07 Å². The van der Waals surface area contributed by atoms with Crippen LogP contribution >= 0.6 is 0 Å². The number of nitrogens with zero attached hydrogens (tertiary/aromatic N) is 1. The highest BCUT2D eigenvalue weighted by molar-refractivity contribution is 7.91. The van der Waals surface area contributed by atoms with Crippen molar-refractivity contribution in [2.45, 2.75) is 32.1 Å². The standard InChI is InChI=1S/C15H20F3N3O2S/c1-2-19-14(21-13-6-7-24(22,23)10-13)20-9-11-4-3-5-12(8-11)15(16,17)18/h3-5,8,13H,2,6-7,9-10H2,1H3,(H2,19,20,21). The van der Waals surface area contributed by atoms with Crippen LogP contribution in [0, 0.1) is 0 Å². The molecule has 0 bridgehead atoms. The lowest BCUT2D eigenvalue weighted by atomic mass is 10.1. The third-order valence-corrected chi connectivity index (χ3v) is 5.36. The monoisotopic (exact) mass is 363 g/mol. The van der Waals surface area contributed by atoms with Crippen LogP contribution in [0.4, 0.5) is 13.2 Å². The number of hydrogen-bond acceptors (Lipinski definition) is 3. The Hall–Kier alpha value is -1.77. The zero-order chi connectivity index (χ0) is 17.8. The number of halogens is 3. The molecule has 1 aliphatic rings. The van der Waals surface area contributed by atoms with Crippen LogP contribution in [0.15, 0.2) is 29.3 Å². The number of alkyl halides is 3. The minimum Gasteiger partial charge on any atom is -0.357 e. The molecule has 0 saturated carbocycles. The summed E-state index contributed by atoms with van der Waals surface area (Å²) in [6.07, 6.45) is -3.89. The highest BCUT2D eigenvalue weighted by atomic mass is 32.2. The maximum atomic E-state index is 12.7. The Kier molecular flexibility index (Phi) is 5.74. The van der Waals surface area contributed by atoms with Crippen molar-refractivity contribution in [1.82, 2.24) is 10.6 Å². The normalized spacial score (nSPS) is 20.8. The number of aliphatic imine (C=N–C) groups is 1. The SMILES string of the molecule is CCNC(=NCc1cccc(C(F)(F)F)c1)NC1CCS(=O)(=O)C1. The van der Waals surface area contributed by atoms with Crippen LogP contribution in [-0.2, 0) is 22.6 Å². The summed E-state index contributed by atoms with van der Waals surface area (Å²) in [5.41, 5.74) is -0.281. The van der Waals surface area contributed by atoms with Gasteiger partial charge in [-0.2, -0.15) is 13.2 Å². The zero-order valence-corrected chi connectivity index (χ0v) is 14.0. The van der Waals surface area contributed by atoms with Crippen LogP contribution in [0.2, 0.25) is 0 Å². The van der Waals surface area contributed by atoms with Gasteiger partial charge in [0.05, 0.1) is 23.6 Å². The van der Waals surface area contributed by atoms with Gasteiger partial charge in [0.2, 0.25) is 0 Å². The smallest absolute Gasteiger partial charge is 0.357 e. The van der Waals surface area contributed by atoms with Crippen molar-refractivity contribution in [2.24, 2.45) is 4.99 Å². The molecule has 0 radical (unpaired) electrons. The topological polar surface area (TPSA) is 70.6 Å². The van der Waals surface area contributed by atoms with Crippen molar-refractivity contribution in [3.05, 3.63) is 35.4 Å². The van der Waals surface area contributed by atoms with Gasteiger partial charge in [-0.25, -0.2) is 13.4 Å². The van der Waals surface area contributed by atoms with E-state index in [9.17, 15) is 21.6 Å². The van der Waals surface area contributed by atoms with Gasteiger partial charge in [-0.1, -0.05) is 12.1 Å². The summed E-state index contributed by atoms with van der Waals surface area (Å²) in [7, 11) is -3.02. The van der Waals surface area contributed by atoms with Gasteiger partial charge >= 0.3 is 6.18 Å². The number of rotatable bonds is 4. The number of sulfone groups is 1. The van der Waals surface area contributed by atoms with Crippen LogP contribution in [0.3, 0.4) is 0 Å². The minimum atomic E-state index is -4.39. The highest BCUT2D eigenvalue weighted by Crippen LogP contribution is 2.29. The van der Waals surface area contributed by atoms with E-state index in [0.717, 1.165) is 12.1 Å². The molecule has 1 fully saturated rings. The maximum absolute atomic E-state index is 12.7. The van der Waals surface area contributed by atoms with E-state index in [-0.39, 0.29) is 24.1 Å². The Morgan fingerprint density at radius 1 is 1.38 bits per heavy atom. The molecule has 0 spiro atoms. The van der Waals surface area contributed by atoms with Crippen molar-refractivity contribution in [1.29, 1.82) is 0 Å². The van der Waals surface area contributed by atoms with Crippen LogP contribution < -0.4 is 10.6 Å². The molecule has 1 aromatic carbocycles. The third-order valence-electron chi connectivity index (χ3n) is 3.59. The first kappa shape index (κ1) is 18.6. The fraction of sp³-hybridized carbons (Fsp3) is 0.533. The van der Waals surface area contributed by atoms with Crippen molar-refractivity contribution in [2.75, 3.05) is 18.1 Å². The second-order valence-electron chi connectivity index (χ2n) is 5.64. The predicted octanol–water partition coefficient (Wildman–Crippen LogP) is 1.95. The molecule has 0 aromatic heterocycles. The third kappa shape index (κ3) is 5.40. The predicted molar refractivity (Wildman–Crippen MR) is 86.5 cm³/mol. The molecule has 1 unspecified atom stereocenters. The molecule has 2 rings (SSSR count). The number of guanidine groups is 1. The van der Waals surface area contributed by atoms with E-state index in [4.69, 9.17) is 0 Å². The Bertz CT molecular complexity index is 702. The first-order chi connectivity index (χ1) is 11.2. The summed E-state index contributed by atoms with van der Waals surface area (Å²) in [4.78, 5) is 4.25. The average molecular weight is 363 g/mol. The number of benzene rings is 1. The summed E-state index contributed by atoms with van der Waals surface area (Å²) in [6.45, 7) is 2.49. The summed E-state index contributed by atoms with van der Waals surface area (Å²) >= 11 is 0. The largest absolute Gasteiger partial charge is 0.416 e. The van der Waals surface area contributed by atoms with E-state index < -0.39 is 21.6 Å². The fourth-order valence-electron chi connectivity index (χ4n) is 2.44. The second-order valence-corrected chi connectivity index (χ2v) is 7.87. The summed E-state index contributed by atoms with van der Waals surface area (Å²) in [5.74, 6) is 0.579. The van der Waals surface area contributed by atoms with Crippen LogP contribution in [-0.4, -0.2) is 38.5 Å². The van der Waals surface area contributed by atoms with Crippen molar-refractivity contribution in [3.8, 4) is 0 Å². The first-order valence-electron chi connectivity index (χ1n) is 7.61. The van der Waals surface area contributed by atoms with E-state index in [1.807, 2.05) is 6.92 Å². The maximum Gasteiger partial charge on any atom is 0.416 e. The van der Waals surface area contributed by atoms with Gasteiger partial charge in [0.25, 0.3) is 0 Å². The highest BCUT2D eigenvalue weighted by Gasteiger charge is 2.30. The van der Waals surface area contributed by atoms with Gasteiger partial charge in [0, 0.05) is 12.6 Å². The Morgan fingerprint density at radius 3 is 2.71 bits per heavy atom. The van der Waals surface area contributed by atoms with Gasteiger partial charge < -0.3 is 10.6 Å². The molecule has 5 nitrogen and oxygen atoms in total. The average Bonchev–Trinajstić information content (AvgIpc) is 2.83. The number of hydrogen-bond donors (Lipinski definition) is 2. The van der Waals surface area contributed by atoms with Crippen LogP contribution in [0.25, 0.3) is 0 Å². The lowest BCUT2D eigenvalue weighted by Crippen LogP contribution is -2.44. The summed E-state index contributed by atoms with van der Waals surface area (Å²) < 4.78 is 61.1. The second kappa shape index (κ2) is 7.42. The van der Waals surface area contributed by atoms with Crippen molar-refractivity contribution in [3.63, 3.8) is 0 Å². The molecule has 0 aliphatic carbocycles. The number of nitrogens with one attached hydrogen (secondary N) is 2. The van der Waals surface area contributed by atoms with Gasteiger partial charge in [0.15, 0.2) is 15.8 Å². The lowest BCUT2D eigenvalue weighted by Gasteiger charge is -2.16. The molecular weight excluding hydrogens is 343 g/mol. The molecule has 1 aromatic rings. The van der Waals surface area contributed by atoms with E-state index >= 15 is 0 Å². The Labute approximate surface area is 139 Å². The van der Waals surface area contributed by atoms with E-state index in [0.29, 0.717) is 24.5 Å². The Morgan fingerprint density at radius 2 is 2.12 bits per heavy atom. The fourth-order valence-corrected chi connectivity index (χ4v) is 4.11. The molecule has 1 heterocycles. The molecule has 0 amide bonds. The molecule has 1 atom stereocenters. The van der Waals surface area contributed by atoms with Crippen LogP contribution in [0.5, 0.6) is 0 Å². The van der Waals surface area contributed by atoms with Crippen LogP contribution in [0.1, 0.15) is 24.5 Å². The molecule has 9 heteroatoms. The molecular formula is C15H20F3N3O2S. The Balaban J connectivity index is 2.06. The minimum absolute atomic E-state index is 0.0426. The van der Waals surface area contributed by atoms with Gasteiger partial charge in [-0.15, -0.1) is 0 Å². The van der Waals surface area contributed by atoms with Crippen molar-refractivity contribution >= 4 is 15.8 Å². The molecule has 2 N–H and O–H groups in total. The molecule has 1 aliphatic heterocycles. The van der Waals surface area contributed by atoms with Gasteiger partial charge in [-0.05, 0) is 31.0 Å². The zero-order valence-electron chi connectivity index (χ0n) is 13.2. The lowest BCUT2D eigenvalue weighted by molar-refractivity contribution is -0.137. The van der Waals surface area contributed by atoms with E-state index in [2.05, 4.69) is 15.6 Å². The van der Waals surface area contributed by atoms with E-state index in [1.165, 1.54) is 6.07 Å². The van der Waals surface area contributed by atoms with Gasteiger partial charge in [-0.3, -0.25) is 0 Å². The summed E-state index contributed by atoms with van der Waals surface area (Å²) in [6, 6.07) is 4.77. The first-order valence-corrected chi connectivity index (χ1v) is 9.43. The molecule has 1 saturated heterocycles. The van der Waals surface area contributed by atoms with Crippen molar-refractivity contribution < 1.29 is 21.6 Å². The summed E-state index contributed by atoms with van der Waals surface area (Å²) in [5, 5.41) is 6.00. The quantitative estimate of drug-likeness (QED) is 0.634.